The maximum Gasteiger partial charge on any atom is 0.248 e. The number of aryl methyl sites for hydroxylation is 2. The molecule has 4 aromatic rings. The van der Waals surface area contributed by atoms with Crippen LogP contribution in [0.4, 0.5) is 0 Å². The van der Waals surface area contributed by atoms with Crippen molar-refractivity contribution in [2.24, 2.45) is 0 Å². The summed E-state index contributed by atoms with van der Waals surface area (Å²) in [6.07, 6.45) is 3.45. The topological polar surface area (TPSA) is 85.8 Å². The smallest absolute Gasteiger partial charge is 0.248 e. The van der Waals surface area contributed by atoms with Gasteiger partial charge in [-0.15, -0.1) is 10.2 Å². The third-order valence-electron chi connectivity index (χ3n) is 4.22. The molecule has 3 heterocycles. The lowest BCUT2D eigenvalue weighted by Crippen LogP contribution is -2.25. The maximum absolute atomic E-state index is 12.0. The van der Waals surface area contributed by atoms with Gasteiger partial charge in [0, 0.05) is 42.3 Å². The maximum atomic E-state index is 12.0. The van der Waals surface area contributed by atoms with E-state index < -0.39 is 0 Å². The van der Waals surface area contributed by atoms with Crippen LogP contribution in [0.3, 0.4) is 0 Å². The molecule has 1 N–H and O–H groups in total. The number of nitrogens with one attached hydrogen (secondary N) is 1. The summed E-state index contributed by atoms with van der Waals surface area (Å²) in [5.74, 6) is 0.961. The minimum absolute atomic E-state index is 0.0180. The van der Waals surface area contributed by atoms with Crippen LogP contribution < -0.4 is 5.32 Å². The van der Waals surface area contributed by atoms with Crippen molar-refractivity contribution in [2.45, 2.75) is 25.8 Å². The Morgan fingerprint density at radius 1 is 1.22 bits per heavy atom. The molecule has 0 bridgehead atoms. The fraction of sp³-hybridized carbons (Fsp3) is 0.263. The molecule has 3 aromatic heterocycles. The molecule has 138 valence electrons. The monoisotopic (exact) mass is 381 g/mol. The zero-order valence-corrected chi connectivity index (χ0v) is 15.5. The number of benzene rings is 1. The Bertz CT molecular complexity index is 1020. The predicted molar refractivity (Wildman–Crippen MR) is 103 cm³/mol. The third kappa shape index (κ3) is 4.22. The quantitative estimate of drug-likeness (QED) is 0.473. The molecule has 1 aromatic carbocycles. The fourth-order valence-electron chi connectivity index (χ4n) is 2.83. The van der Waals surface area contributed by atoms with Crippen LogP contribution in [0.2, 0.25) is 0 Å². The van der Waals surface area contributed by atoms with Gasteiger partial charge < -0.3 is 9.73 Å². The summed E-state index contributed by atoms with van der Waals surface area (Å²) in [4.78, 5) is 12.0. The minimum Gasteiger partial charge on any atom is -0.421 e. The van der Waals surface area contributed by atoms with Crippen molar-refractivity contribution in [3.8, 4) is 11.5 Å². The Hall–Kier alpha value is -3.00. The molecule has 4 rings (SSSR count). The van der Waals surface area contributed by atoms with Gasteiger partial charge in [-0.1, -0.05) is 18.2 Å². The number of thiophene rings is 1. The second kappa shape index (κ2) is 8.13. The SMILES string of the molecule is O=C(CCc1nnc(-c2ccsc2)o1)NCCCn1ncc2ccccc21. The first kappa shape index (κ1) is 17.4. The van der Waals surface area contributed by atoms with Crippen molar-refractivity contribution in [3.63, 3.8) is 0 Å². The van der Waals surface area contributed by atoms with Crippen LogP contribution in [0.15, 0.2) is 51.7 Å². The van der Waals surface area contributed by atoms with E-state index >= 15 is 0 Å². The largest absolute Gasteiger partial charge is 0.421 e. The number of carbonyl (C=O) groups is 1. The fourth-order valence-corrected chi connectivity index (χ4v) is 3.46. The van der Waals surface area contributed by atoms with Crippen LogP contribution in [-0.2, 0) is 17.8 Å². The van der Waals surface area contributed by atoms with Crippen LogP contribution >= 0.6 is 11.3 Å². The van der Waals surface area contributed by atoms with Gasteiger partial charge in [0.25, 0.3) is 0 Å². The Kier molecular flexibility index (Phi) is 5.24. The number of amides is 1. The first-order chi connectivity index (χ1) is 13.3. The van der Waals surface area contributed by atoms with Gasteiger partial charge in [-0.05, 0) is 23.9 Å². The normalized spacial score (nSPS) is 11.1. The lowest BCUT2D eigenvalue weighted by Gasteiger charge is -2.05. The van der Waals surface area contributed by atoms with Gasteiger partial charge in [0.05, 0.1) is 11.7 Å². The van der Waals surface area contributed by atoms with Crippen molar-refractivity contribution < 1.29 is 9.21 Å². The molecule has 0 saturated heterocycles. The number of rotatable bonds is 8. The molecule has 8 heteroatoms. The summed E-state index contributed by atoms with van der Waals surface area (Å²) in [5, 5.41) is 20.4. The molecule has 1 amide bonds. The highest BCUT2D eigenvalue weighted by Gasteiger charge is 2.10. The zero-order chi connectivity index (χ0) is 18.5. The number of hydrogen-bond donors (Lipinski definition) is 1. The molecule has 27 heavy (non-hydrogen) atoms. The minimum atomic E-state index is -0.0180. The molecule has 0 aliphatic heterocycles. The zero-order valence-electron chi connectivity index (χ0n) is 14.7. The van der Waals surface area contributed by atoms with E-state index in [1.807, 2.05) is 45.9 Å². The number of nitrogens with zero attached hydrogens (tertiary/aromatic N) is 4. The second-order valence-corrected chi connectivity index (χ2v) is 6.92. The Morgan fingerprint density at radius 2 is 2.15 bits per heavy atom. The van der Waals surface area contributed by atoms with E-state index in [0.717, 1.165) is 29.4 Å². The standard InChI is InChI=1S/C19H19N5O2S/c25-17(6-7-18-22-23-19(26-18)15-8-11-27-13-15)20-9-3-10-24-16-5-2-1-4-14(16)12-21-24/h1-2,4-5,8,11-13H,3,6-7,9-10H2,(H,20,25). The number of carbonyl (C=O) groups excluding carboxylic acids is 1. The average molecular weight is 381 g/mol. The molecule has 0 spiro atoms. The summed E-state index contributed by atoms with van der Waals surface area (Å²) in [7, 11) is 0. The molecule has 0 aliphatic carbocycles. The van der Waals surface area contributed by atoms with E-state index in [2.05, 4.69) is 26.7 Å². The number of aromatic nitrogens is 4. The van der Waals surface area contributed by atoms with Crippen molar-refractivity contribution in [3.05, 3.63) is 53.2 Å². The number of hydrogen-bond acceptors (Lipinski definition) is 6. The van der Waals surface area contributed by atoms with Gasteiger partial charge in [0.2, 0.25) is 17.7 Å². The van der Waals surface area contributed by atoms with Crippen LogP contribution in [0.25, 0.3) is 22.4 Å². The van der Waals surface area contributed by atoms with E-state index in [1.54, 1.807) is 11.3 Å². The first-order valence-corrected chi connectivity index (χ1v) is 9.76. The number of fused-ring (bicyclic) bond motifs is 1. The molecular formula is C19H19N5O2S. The van der Waals surface area contributed by atoms with Gasteiger partial charge in [-0.2, -0.15) is 16.4 Å². The van der Waals surface area contributed by atoms with Crippen LogP contribution in [0.5, 0.6) is 0 Å². The van der Waals surface area contributed by atoms with Gasteiger partial charge in [0.1, 0.15) is 0 Å². The van der Waals surface area contributed by atoms with Gasteiger partial charge in [0.15, 0.2) is 0 Å². The molecular weight excluding hydrogens is 362 g/mol. The molecule has 0 radical (unpaired) electrons. The van der Waals surface area contributed by atoms with Crippen molar-refractivity contribution in [1.29, 1.82) is 0 Å². The van der Waals surface area contributed by atoms with Gasteiger partial charge in [-0.3, -0.25) is 9.48 Å². The molecule has 0 fully saturated rings. The highest BCUT2D eigenvalue weighted by Crippen LogP contribution is 2.20. The Labute approximate surface area is 160 Å². The van der Waals surface area contributed by atoms with Crippen molar-refractivity contribution >= 4 is 28.1 Å². The Balaban J connectivity index is 1.19. The van der Waals surface area contributed by atoms with E-state index in [1.165, 1.54) is 0 Å². The highest BCUT2D eigenvalue weighted by atomic mass is 32.1. The predicted octanol–water partition coefficient (Wildman–Crippen LogP) is 3.29. The molecule has 7 nitrogen and oxygen atoms in total. The number of para-hydroxylation sites is 1. The third-order valence-corrected chi connectivity index (χ3v) is 4.90. The molecule has 0 atom stereocenters. The lowest BCUT2D eigenvalue weighted by atomic mass is 10.2. The van der Waals surface area contributed by atoms with E-state index in [-0.39, 0.29) is 5.91 Å². The second-order valence-electron chi connectivity index (χ2n) is 6.14. The summed E-state index contributed by atoms with van der Waals surface area (Å²) >= 11 is 1.57. The summed E-state index contributed by atoms with van der Waals surface area (Å²) in [6, 6.07) is 10.0. The van der Waals surface area contributed by atoms with Crippen LogP contribution in [0, 0.1) is 0 Å². The molecule has 0 saturated carbocycles. The van der Waals surface area contributed by atoms with Crippen LogP contribution in [0.1, 0.15) is 18.7 Å². The molecule has 0 unspecified atom stereocenters. The van der Waals surface area contributed by atoms with Crippen molar-refractivity contribution in [1.82, 2.24) is 25.3 Å². The van der Waals surface area contributed by atoms with Crippen LogP contribution in [-0.4, -0.2) is 32.4 Å². The average Bonchev–Trinajstić information content (AvgIpc) is 3.44. The van der Waals surface area contributed by atoms with Crippen molar-refractivity contribution in [2.75, 3.05) is 6.54 Å². The highest BCUT2D eigenvalue weighted by molar-refractivity contribution is 7.08. The van der Waals surface area contributed by atoms with E-state index in [4.69, 9.17) is 4.42 Å². The van der Waals surface area contributed by atoms with E-state index in [0.29, 0.717) is 31.2 Å². The van der Waals surface area contributed by atoms with Gasteiger partial charge >= 0.3 is 0 Å². The summed E-state index contributed by atoms with van der Waals surface area (Å²) in [5.41, 5.74) is 2.02. The Morgan fingerprint density at radius 3 is 3.04 bits per heavy atom. The molecule has 0 aliphatic rings. The first-order valence-electron chi connectivity index (χ1n) is 8.82. The van der Waals surface area contributed by atoms with Gasteiger partial charge in [-0.25, -0.2) is 0 Å². The van der Waals surface area contributed by atoms with E-state index in [9.17, 15) is 4.79 Å². The lowest BCUT2D eigenvalue weighted by molar-refractivity contribution is -0.121. The summed E-state index contributed by atoms with van der Waals surface area (Å²) < 4.78 is 7.55. The summed E-state index contributed by atoms with van der Waals surface area (Å²) in [6.45, 7) is 1.37.